The maximum absolute atomic E-state index is 14.1. The summed E-state index contributed by atoms with van der Waals surface area (Å²) in [6.45, 7) is 6.95. The quantitative estimate of drug-likeness (QED) is 0.272. The molecular formula is C29H33ClIN3O4S. The molecule has 0 radical (unpaired) electrons. The minimum Gasteiger partial charge on any atom is -0.350 e. The Morgan fingerprint density at radius 3 is 2.10 bits per heavy atom. The third kappa shape index (κ3) is 8.18. The van der Waals surface area contributed by atoms with Gasteiger partial charge >= 0.3 is 0 Å². The summed E-state index contributed by atoms with van der Waals surface area (Å²) in [6, 6.07) is 21.1. The topological polar surface area (TPSA) is 86.8 Å². The van der Waals surface area contributed by atoms with Gasteiger partial charge in [-0.15, -0.1) is 0 Å². The predicted octanol–water partition coefficient (Wildman–Crippen LogP) is 5.86. The van der Waals surface area contributed by atoms with Crippen molar-refractivity contribution in [3.63, 3.8) is 0 Å². The molecule has 3 aromatic rings. The summed E-state index contributed by atoms with van der Waals surface area (Å²) >= 11 is 8.57. The Morgan fingerprint density at radius 1 is 0.949 bits per heavy atom. The molecule has 0 heterocycles. The minimum absolute atomic E-state index is 0.0422. The van der Waals surface area contributed by atoms with Crippen molar-refractivity contribution < 1.29 is 18.0 Å². The van der Waals surface area contributed by atoms with Crippen LogP contribution in [0, 0.1) is 3.57 Å². The second-order valence-electron chi connectivity index (χ2n) is 10.1. The lowest BCUT2D eigenvalue weighted by atomic mass is 10.1. The molecule has 0 aliphatic rings. The predicted molar refractivity (Wildman–Crippen MR) is 164 cm³/mol. The van der Waals surface area contributed by atoms with Gasteiger partial charge in [0.2, 0.25) is 11.8 Å². The molecule has 0 saturated carbocycles. The van der Waals surface area contributed by atoms with Gasteiger partial charge in [0.05, 0.1) is 10.6 Å². The first-order valence-electron chi connectivity index (χ1n) is 12.5. The molecule has 1 atom stereocenters. The van der Waals surface area contributed by atoms with E-state index in [1.165, 1.54) is 17.0 Å². The van der Waals surface area contributed by atoms with E-state index in [4.69, 9.17) is 11.6 Å². The average Bonchev–Trinajstić information content (AvgIpc) is 2.88. The fourth-order valence-electron chi connectivity index (χ4n) is 4.04. The van der Waals surface area contributed by atoms with Gasteiger partial charge in [0, 0.05) is 20.7 Å². The van der Waals surface area contributed by atoms with Crippen LogP contribution in [0.15, 0.2) is 83.8 Å². The number of benzene rings is 3. The van der Waals surface area contributed by atoms with E-state index in [9.17, 15) is 18.0 Å². The Kier molecular flexibility index (Phi) is 10.4. The molecule has 0 fully saturated rings. The van der Waals surface area contributed by atoms with Crippen LogP contribution in [0.1, 0.15) is 39.7 Å². The molecule has 208 valence electrons. The summed E-state index contributed by atoms with van der Waals surface area (Å²) in [5.41, 5.74) is 0.478. The SMILES string of the molecule is CC[C@@H](C(=O)NC(C)(C)C)N(Cc1ccccc1Cl)C(=O)CN(c1ccc(I)cc1)S(=O)(=O)c1ccccc1. The second kappa shape index (κ2) is 13.1. The van der Waals surface area contributed by atoms with E-state index in [1.807, 2.05) is 27.7 Å². The van der Waals surface area contributed by atoms with Crippen molar-refractivity contribution in [3.8, 4) is 0 Å². The lowest BCUT2D eigenvalue weighted by molar-refractivity contribution is -0.141. The first-order chi connectivity index (χ1) is 18.3. The van der Waals surface area contributed by atoms with E-state index < -0.39 is 34.1 Å². The highest BCUT2D eigenvalue weighted by Gasteiger charge is 2.34. The zero-order valence-corrected chi connectivity index (χ0v) is 26.1. The van der Waals surface area contributed by atoms with Crippen LogP contribution in [0.3, 0.4) is 0 Å². The number of nitrogens with zero attached hydrogens (tertiary/aromatic N) is 2. The Hall–Kier alpha value is -2.63. The molecule has 3 aromatic carbocycles. The number of carbonyl (C=O) groups excluding carboxylic acids is 2. The van der Waals surface area contributed by atoms with Crippen LogP contribution in [0.25, 0.3) is 0 Å². The van der Waals surface area contributed by atoms with Crippen molar-refractivity contribution in [2.75, 3.05) is 10.8 Å². The normalized spacial score (nSPS) is 12.5. The first kappa shape index (κ1) is 30.9. The highest BCUT2D eigenvalue weighted by atomic mass is 127. The number of halogens is 2. The molecule has 1 N–H and O–H groups in total. The summed E-state index contributed by atoms with van der Waals surface area (Å²) in [5.74, 6) is -0.846. The number of rotatable bonds is 10. The molecule has 0 aliphatic carbocycles. The van der Waals surface area contributed by atoms with Gasteiger partial charge in [-0.2, -0.15) is 0 Å². The second-order valence-corrected chi connectivity index (χ2v) is 13.6. The van der Waals surface area contributed by atoms with Crippen molar-refractivity contribution in [1.29, 1.82) is 0 Å². The highest BCUT2D eigenvalue weighted by molar-refractivity contribution is 14.1. The van der Waals surface area contributed by atoms with Crippen LogP contribution in [0.5, 0.6) is 0 Å². The van der Waals surface area contributed by atoms with E-state index in [0.717, 1.165) is 7.88 Å². The average molecular weight is 682 g/mol. The molecule has 0 bridgehead atoms. The van der Waals surface area contributed by atoms with Crippen LogP contribution in [-0.4, -0.2) is 43.3 Å². The van der Waals surface area contributed by atoms with E-state index in [0.29, 0.717) is 22.7 Å². The number of sulfonamides is 1. The molecule has 2 amide bonds. The molecule has 10 heteroatoms. The van der Waals surface area contributed by atoms with Gasteiger partial charge in [0.1, 0.15) is 12.6 Å². The summed E-state index contributed by atoms with van der Waals surface area (Å²) < 4.78 is 29.6. The van der Waals surface area contributed by atoms with Crippen molar-refractivity contribution >= 4 is 61.7 Å². The molecule has 0 aromatic heterocycles. The van der Waals surface area contributed by atoms with Gasteiger partial charge in [-0.1, -0.05) is 54.9 Å². The number of nitrogens with one attached hydrogen (secondary N) is 1. The smallest absolute Gasteiger partial charge is 0.264 e. The summed E-state index contributed by atoms with van der Waals surface area (Å²) in [5, 5.41) is 3.41. The number of carbonyl (C=O) groups is 2. The zero-order valence-electron chi connectivity index (χ0n) is 22.4. The third-order valence-electron chi connectivity index (χ3n) is 5.91. The number of hydrogen-bond donors (Lipinski definition) is 1. The van der Waals surface area contributed by atoms with Crippen molar-refractivity contribution in [3.05, 3.63) is 93.0 Å². The largest absolute Gasteiger partial charge is 0.350 e. The van der Waals surface area contributed by atoms with E-state index in [1.54, 1.807) is 66.7 Å². The Balaban J connectivity index is 2.07. The van der Waals surface area contributed by atoms with Crippen LogP contribution < -0.4 is 9.62 Å². The molecule has 0 spiro atoms. The summed E-state index contributed by atoms with van der Waals surface area (Å²) in [4.78, 5) is 28.9. The summed E-state index contributed by atoms with van der Waals surface area (Å²) in [7, 11) is -4.10. The fourth-order valence-corrected chi connectivity index (χ4v) is 6.03. The van der Waals surface area contributed by atoms with Gasteiger partial charge in [-0.3, -0.25) is 13.9 Å². The number of anilines is 1. The molecular weight excluding hydrogens is 649 g/mol. The number of amides is 2. The fraction of sp³-hybridized carbons (Fsp3) is 0.310. The van der Waals surface area contributed by atoms with Crippen LogP contribution >= 0.6 is 34.2 Å². The van der Waals surface area contributed by atoms with Gasteiger partial charge in [-0.05, 0) is 97.8 Å². The van der Waals surface area contributed by atoms with E-state index in [-0.39, 0.29) is 17.3 Å². The van der Waals surface area contributed by atoms with Gasteiger partial charge in [-0.25, -0.2) is 8.42 Å². The van der Waals surface area contributed by atoms with Crippen molar-refractivity contribution in [1.82, 2.24) is 10.2 Å². The van der Waals surface area contributed by atoms with Crippen molar-refractivity contribution in [2.45, 2.75) is 57.1 Å². The Labute approximate surface area is 249 Å². The van der Waals surface area contributed by atoms with Gasteiger partial charge < -0.3 is 10.2 Å². The molecule has 3 rings (SSSR count). The van der Waals surface area contributed by atoms with Crippen LogP contribution in [-0.2, 0) is 26.2 Å². The first-order valence-corrected chi connectivity index (χ1v) is 15.4. The van der Waals surface area contributed by atoms with Crippen molar-refractivity contribution in [2.24, 2.45) is 0 Å². The van der Waals surface area contributed by atoms with Gasteiger partial charge in [0.25, 0.3) is 10.0 Å². The maximum Gasteiger partial charge on any atom is 0.264 e. The van der Waals surface area contributed by atoms with Crippen LogP contribution in [0.2, 0.25) is 5.02 Å². The third-order valence-corrected chi connectivity index (χ3v) is 8.78. The molecule has 7 nitrogen and oxygen atoms in total. The Morgan fingerprint density at radius 2 is 1.54 bits per heavy atom. The lowest BCUT2D eigenvalue weighted by Crippen LogP contribution is -2.55. The van der Waals surface area contributed by atoms with E-state index >= 15 is 0 Å². The van der Waals surface area contributed by atoms with Gasteiger partial charge in [0.15, 0.2) is 0 Å². The molecule has 0 unspecified atom stereocenters. The molecule has 0 saturated heterocycles. The van der Waals surface area contributed by atoms with Crippen LogP contribution in [0.4, 0.5) is 5.69 Å². The number of hydrogen-bond acceptors (Lipinski definition) is 4. The maximum atomic E-state index is 14.1. The zero-order chi connectivity index (χ0) is 28.8. The Bertz CT molecular complexity index is 1390. The molecule has 0 aliphatic heterocycles. The minimum atomic E-state index is -4.10. The standard InChI is InChI=1S/C29H33ClIN3O4S/c1-5-26(28(36)32-29(2,3)4)33(19-21-11-9-10-14-25(21)30)27(35)20-34(23-17-15-22(31)16-18-23)39(37,38)24-12-7-6-8-13-24/h6-18,26H,5,19-20H2,1-4H3,(H,32,36)/t26-/m0/s1. The lowest BCUT2D eigenvalue weighted by Gasteiger charge is -2.35. The monoisotopic (exact) mass is 681 g/mol. The molecule has 39 heavy (non-hydrogen) atoms. The summed E-state index contributed by atoms with van der Waals surface area (Å²) in [6.07, 6.45) is 0.326. The highest BCUT2D eigenvalue weighted by Crippen LogP contribution is 2.26. The van der Waals surface area contributed by atoms with E-state index in [2.05, 4.69) is 27.9 Å².